The number of hydrogen-bond acceptors (Lipinski definition) is 4. The second kappa shape index (κ2) is 4.50. The minimum atomic E-state index is -0.681. The number of carbonyl (C=O) groups is 1. The Kier molecular flexibility index (Phi) is 3.33. The molecule has 0 amide bonds. The van der Waals surface area contributed by atoms with Crippen LogP contribution in [-0.2, 0) is 16.1 Å². The Balaban J connectivity index is 2.81. The van der Waals surface area contributed by atoms with Gasteiger partial charge in [0.25, 0.3) is 0 Å². The number of halogens is 1. The van der Waals surface area contributed by atoms with Gasteiger partial charge in [-0.3, -0.25) is 9.36 Å². The number of rotatable bonds is 3. The molecule has 76 valence electrons. The molecule has 5 nitrogen and oxygen atoms in total. The molecule has 1 rings (SSSR count). The minimum absolute atomic E-state index is 0.219. The summed E-state index contributed by atoms with van der Waals surface area (Å²) in [6, 6.07) is 0. The number of ether oxygens (including phenoxy) is 1. The summed E-state index contributed by atoms with van der Waals surface area (Å²) >= 11 is 0. The predicted octanol–water partition coefficient (Wildman–Crippen LogP) is -0.0545. The highest BCUT2D eigenvalue weighted by Gasteiger charge is 2.06. The third-order valence-electron chi connectivity index (χ3n) is 1.43. The number of hydrogen-bond donors (Lipinski definition) is 0. The van der Waals surface area contributed by atoms with Gasteiger partial charge in [-0.05, 0) is 6.92 Å². The van der Waals surface area contributed by atoms with Gasteiger partial charge in [0.05, 0.1) is 12.8 Å². The molecular weight excluding hydrogens is 191 g/mol. The van der Waals surface area contributed by atoms with Crippen molar-refractivity contribution in [2.75, 3.05) is 6.61 Å². The Bertz CT molecular complexity index is 388. The third kappa shape index (κ3) is 2.65. The van der Waals surface area contributed by atoms with Crippen LogP contribution in [0.5, 0.6) is 0 Å². The van der Waals surface area contributed by atoms with E-state index in [4.69, 9.17) is 0 Å². The van der Waals surface area contributed by atoms with E-state index in [1.54, 1.807) is 6.92 Å². The second-order valence-corrected chi connectivity index (χ2v) is 2.49. The lowest BCUT2D eigenvalue weighted by Gasteiger charge is -2.03. The average molecular weight is 200 g/mol. The molecule has 0 saturated heterocycles. The zero-order valence-corrected chi connectivity index (χ0v) is 7.57. The van der Waals surface area contributed by atoms with Crippen LogP contribution >= 0.6 is 0 Å². The summed E-state index contributed by atoms with van der Waals surface area (Å²) in [4.78, 5) is 25.1. The zero-order valence-electron chi connectivity index (χ0n) is 7.57. The van der Waals surface area contributed by atoms with Crippen LogP contribution in [0.3, 0.4) is 0 Å². The summed E-state index contributed by atoms with van der Waals surface area (Å²) in [5.74, 6) is -1.27. The Morgan fingerprint density at radius 1 is 1.71 bits per heavy atom. The molecule has 0 atom stereocenters. The molecular formula is C8H9FN2O3. The van der Waals surface area contributed by atoms with Crippen LogP contribution in [0.25, 0.3) is 0 Å². The molecule has 0 aromatic carbocycles. The van der Waals surface area contributed by atoms with Crippen molar-refractivity contribution in [1.82, 2.24) is 9.55 Å². The van der Waals surface area contributed by atoms with Crippen molar-refractivity contribution in [3.8, 4) is 0 Å². The maximum absolute atomic E-state index is 12.6. The molecule has 0 aliphatic rings. The molecule has 14 heavy (non-hydrogen) atoms. The van der Waals surface area contributed by atoms with Crippen molar-refractivity contribution in [2.24, 2.45) is 0 Å². The number of carbonyl (C=O) groups excluding carboxylic acids is 1. The van der Waals surface area contributed by atoms with E-state index >= 15 is 0 Å². The van der Waals surface area contributed by atoms with Crippen molar-refractivity contribution < 1.29 is 13.9 Å². The molecule has 0 spiro atoms. The second-order valence-electron chi connectivity index (χ2n) is 2.49. The topological polar surface area (TPSA) is 61.2 Å². The van der Waals surface area contributed by atoms with Crippen LogP contribution in [0, 0.1) is 5.82 Å². The van der Waals surface area contributed by atoms with E-state index in [1.165, 1.54) is 0 Å². The first kappa shape index (κ1) is 10.4. The molecule has 6 heteroatoms. The Hall–Kier alpha value is -1.72. The van der Waals surface area contributed by atoms with E-state index in [9.17, 15) is 14.0 Å². The van der Waals surface area contributed by atoms with Crippen molar-refractivity contribution in [3.63, 3.8) is 0 Å². The Morgan fingerprint density at radius 2 is 2.43 bits per heavy atom. The van der Waals surface area contributed by atoms with E-state index in [2.05, 4.69) is 9.72 Å². The van der Waals surface area contributed by atoms with Crippen LogP contribution in [0.4, 0.5) is 4.39 Å². The van der Waals surface area contributed by atoms with Gasteiger partial charge in [0.15, 0.2) is 5.82 Å². The summed E-state index contributed by atoms with van der Waals surface area (Å²) in [7, 11) is 0. The number of nitrogens with zero attached hydrogens (tertiary/aromatic N) is 2. The van der Waals surface area contributed by atoms with Gasteiger partial charge < -0.3 is 4.74 Å². The van der Waals surface area contributed by atoms with Gasteiger partial charge in [0, 0.05) is 6.20 Å². The lowest BCUT2D eigenvalue weighted by atomic mass is 10.5. The highest BCUT2D eigenvalue weighted by molar-refractivity contribution is 5.69. The number of esters is 1. The first-order valence-corrected chi connectivity index (χ1v) is 4.01. The van der Waals surface area contributed by atoms with E-state index < -0.39 is 17.5 Å². The van der Waals surface area contributed by atoms with E-state index in [0.29, 0.717) is 0 Å². The van der Waals surface area contributed by atoms with Gasteiger partial charge in [-0.1, -0.05) is 0 Å². The quantitative estimate of drug-likeness (QED) is 0.641. The van der Waals surface area contributed by atoms with Crippen LogP contribution in [-0.4, -0.2) is 22.1 Å². The van der Waals surface area contributed by atoms with Crippen LogP contribution in [0.1, 0.15) is 6.92 Å². The van der Waals surface area contributed by atoms with Gasteiger partial charge in [0.1, 0.15) is 6.54 Å². The highest BCUT2D eigenvalue weighted by atomic mass is 19.1. The molecule has 0 bridgehead atoms. The molecule has 0 aliphatic carbocycles. The molecule has 1 aromatic rings. The van der Waals surface area contributed by atoms with Gasteiger partial charge in [0.2, 0.25) is 0 Å². The summed E-state index contributed by atoms with van der Waals surface area (Å²) in [5.41, 5.74) is -0.681. The molecule has 0 aliphatic heterocycles. The van der Waals surface area contributed by atoms with Gasteiger partial charge in [-0.2, -0.15) is 4.98 Å². The Labute approximate surface area is 79.1 Å². The molecule has 0 fully saturated rings. The van der Waals surface area contributed by atoms with Crippen LogP contribution in [0.15, 0.2) is 17.2 Å². The molecule has 0 N–H and O–H groups in total. The smallest absolute Gasteiger partial charge is 0.348 e. The molecule has 0 saturated carbocycles. The monoisotopic (exact) mass is 200 g/mol. The van der Waals surface area contributed by atoms with Crippen LogP contribution in [0.2, 0.25) is 0 Å². The van der Waals surface area contributed by atoms with E-state index in [1.807, 2.05) is 0 Å². The summed E-state index contributed by atoms with van der Waals surface area (Å²) in [6.07, 6.45) is 1.70. The number of aromatic nitrogens is 2. The van der Waals surface area contributed by atoms with Crippen molar-refractivity contribution >= 4 is 5.97 Å². The van der Waals surface area contributed by atoms with Crippen molar-refractivity contribution in [3.05, 3.63) is 28.7 Å². The lowest BCUT2D eigenvalue weighted by Crippen LogP contribution is -2.27. The molecule has 0 unspecified atom stereocenters. The largest absolute Gasteiger partial charge is 0.465 e. The fraction of sp³-hybridized carbons (Fsp3) is 0.375. The first-order chi connectivity index (χ1) is 6.63. The first-order valence-electron chi connectivity index (χ1n) is 4.01. The summed E-state index contributed by atoms with van der Waals surface area (Å²) in [5, 5.41) is 0. The summed E-state index contributed by atoms with van der Waals surface area (Å²) < 4.78 is 18.1. The van der Waals surface area contributed by atoms with Gasteiger partial charge in [-0.25, -0.2) is 9.18 Å². The van der Waals surface area contributed by atoms with Gasteiger partial charge >= 0.3 is 11.7 Å². The van der Waals surface area contributed by atoms with Crippen molar-refractivity contribution in [1.29, 1.82) is 0 Å². The lowest BCUT2D eigenvalue weighted by molar-refractivity contribution is -0.143. The predicted molar refractivity (Wildman–Crippen MR) is 45.1 cm³/mol. The maximum Gasteiger partial charge on any atom is 0.348 e. The fourth-order valence-corrected chi connectivity index (χ4v) is 0.887. The summed E-state index contributed by atoms with van der Waals surface area (Å²) in [6.45, 7) is 1.54. The van der Waals surface area contributed by atoms with Crippen LogP contribution < -0.4 is 5.69 Å². The highest BCUT2D eigenvalue weighted by Crippen LogP contribution is 1.90. The van der Waals surface area contributed by atoms with Crippen molar-refractivity contribution in [2.45, 2.75) is 13.5 Å². The normalized spacial score (nSPS) is 9.86. The standard InChI is InChI=1S/C8H9FN2O3/c1-2-14-7(12)5-11-4-6(9)3-10-8(11)13/h3-4H,2,5H2,1H3. The minimum Gasteiger partial charge on any atom is -0.465 e. The molecule has 1 aromatic heterocycles. The SMILES string of the molecule is CCOC(=O)Cn1cc(F)cnc1=O. The fourth-order valence-electron chi connectivity index (χ4n) is 0.887. The van der Waals surface area contributed by atoms with E-state index in [-0.39, 0.29) is 13.2 Å². The molecule has 0 radical (unpaired) electrons. The Morgan fingerprint density at radius 3 is 3.07 bits per heavy atom. The van der Waals surface area contributed by atoms with Gasteiger partial charge in [-0.15, -0.1) is 0 Å². The van der Waals surface area contributed by atoms with E-state index in [0.717, 1.165) is 17.0 Å². The zero-order chi connectivity index (χ0) is 10.6. The third-order valence-corrected chi connectivity index (χ3v) is 1.43. The average Bonchev–Trinajstić information content (AvgIpc) is 2.12. The molecule has 1 heterocycles. The maximum atomic E-state index is 12.6.